The van der Waals surface area contributed by atoms with Crippen molar-refractivity contribution < 1.29 is 9.16 Å². The van der Waals surface area contributed by atoms with E-state index < -0.39 is 0 Å². The summed E-state index contributed by atoms with van der Waals surface area (Å²) in [6, 6.07) is 1.35. The lowest BCUT2D eigenvalue weighted by Crippen LogP contribution is -2.21. The van der Waals surface area contributed by atoms with Gasteiger partial charge in [0.05, 0.1) is 0 Å². The highest BCUT2D eigenvalue weighted by Crippen LogP contribution is 2.12. The standard InChI is InChI=1S/C17H35NO2Si/c1-17(2,3)20-21-15-11-9-7-5-4-6-8-10-12-18-13-14-19-16-18/h13-14H,4-12,15-16,21H2,1-3H3. The zero-order chi connectivity index (χ0) is 15.4. The quantitative estimate of drug-likeness (QED) is 0.398. The number of unbranched alkanes of at least 4 members (excludes halogenated alkanes) is 7. The summed E-state index contributed by atoms with van der Waals surface area (Å²) in [5.74, 6) is 0. The second-order valence-electron chi connectivity index (χ2n) is 7.04. The van der Waals surface area contributed by atoms with Gasteiger partial charge in [0.25, 0.3) is 0 Å². The number of hydrogen-bond acceptors (Lipinski definition) is 3. The maximum Gasteiger partial charge on any atom is 0.162 e. The van der Waals surface area contributed by atoms with Crippen LogP contribution in [0.15, 0.2) is 12.5 Å². The molecule has 0 radical (unpaired) electrons. The van der Waals surface area contributed by atoms with Crippen molar-refractivity contribution in [2.45, 2.75) is 83.8 Å². The van der Waals surface area contributed by atoms with Crippen molar-refractivity contribution >= 4 is 9.76 Å². The van der Waals surface area contributed by atoms with Gasteiger partial charge in [0, 0.05) is 18.3 Å². The monoisotopic (exact) mass is 313 g/mol. The van der Waals surface area contributed by atoms with Crippen molar-refractivity contribution in [2.75, 3.05) is 13.3 Å². The Morgan fingerprint density at radius 1 is 1.00 bits per heavy atom. The van der Waals surface area contributed by atoms with E-state index in [4.69, 9.17) is 9.16 Å². The SMILES string of the molecule is CC(C)(C)O[SiH2]CCCCCCCCCCN1C=COC1. The summed E-state index contributed by atoms with van der Waals surface area (Å²) in [4.78, 5) is 2.24. The van der Waals surface area contributed by atoms with Gasteiger partial charge in [-0.2, -0.15) is 0 Å². The number of nitrogens with zero attached hydrogens (tertiary/aromatic N) is 1. The van der Waals surface area contributed by atoms with E-state index in [1.807, 2.05) is 6.20 Å². The minimum absolute atomic E-state index is 0.0865. The molecule has 0 fully saturated rings. The van der Waals surface area contributed by atoms with E-state index in [1.54, 1.807) is 6.26 Å². The van der Waals surface area contributed by atoms with Crippen LogP contribution in [0.1, 0.15) is 72.1 Å². The van der Waals surface area contributed by atoms with Gasteiger partial charge in [-0.05, 0) is 33.2 Å². The lowest BCUT2D eigenvalue weighted by atomic mass is 10.1. The average Bonchev–Trinajstić information content (AvgIpc) is 2.92. The van der Waals surface area contributed by atoms with Crippen LogP contribution in [0.2, 0.25) is 6.04 Å². The van der Waals surface area contributed by atoms with Crippen LogP contribution in [-0.4, -0.2) is 33.5 Å². The normalized spacial score (nSPS) is 15.3. The molecule has 1 heterocycles. The Kier molecular flexibility index (Phi) is 9.84. The molecule has 0 N–H and O–H groups in total. The molecule has 1 aliphatic rings. The van der Waals surface area contributed by atoms with Crippen LogP contribution < -0.4 is 0 Å². The molecule has 0 atom stereocenters. The van der Waals surface area contributed by atoms with E-state index in [2.05, 4.69) is 25.7 Å². The van der Waals surface area contributed by atoms with E-state index in [-0.39, 0.29) is 15.4 Å². The molecular weight excluding hydrogens is 278 g/mol. The van der Waals surface area contributed by atoms with Crippen molar-refractivity contribution in [3.63, 3.8) is 0 Å². The van der Waals surface area contributed by atoms with Crippen molar-refractivity contribution in [3.05, 3.63) is 12.5 Å². The summed E-state index contributed by atoms with van der Waals surface area (Å²) in [5, 5.41) is 0. The zero-order valence-corrected chi connectivity index (χ0v) is 15.8. The van der Waals surface area contributed by atoms with E-state index in [0.717, 1.165) is 13.3 Å². The Morgan fingerprint density at radius 2 is 1.62 bits per heavy atom. The molecule has 0 saturated carbocycles. The topological polar surface area (TPSA) is 21.7 Å². The van der Waals surface area contributed by atoms with Crippen molar-refractivity contribution in [1.82, 2.24) is 4.90 Å². The third-order valence-corrected chi connectivity index (χ3v) is 5.59. The van der Waals surface area contributed by atoms with Crippen LogP contribution in [0.3, 0.4) is 0 Å². The molecule has 0 aliphatic carbocycles. The largest absolute Gasteiger partial charge is 0.479 e. The molecule has 0 unspecified atom stereocenters. The second-order valence-corrected chi connectivity index (χ2v) is 8.44. The molecule has 1 rings (SSSR count). The summed E-state index contributed by atoms with van der Waals surface area (Å²) >= 11 is 0. The molecule has 0 spiro atoms. The maximum atomic E-state index is 5.86. The maximum absolute atomic E-state index is 5.86. The Hall–Kier alpha value is -0.483. The summed E-state index contributed by atoms with van der Waals surface area (Å²) in [6.07, 6.45) is 14.9. The summed E-state index contributed by atoms with van der Waals surface area (Å²) in [5.41, 5.74) is 0.0865. The van der Waals surface area contributed by atoms with Crippen molar-refractivity contribution in [3.8, 4) is 0 Å². The lowest BCUT2D eigenvalue weighted by Gasteiger charge is -2.19. The van der Waals surface area contributed by atoms with Crippen molar-refractivity contribution in [1.29, 1.82) is 0 Å². The first-order valence-electron chi connectivity index (χ1n) is 8.74. The summed E-state index contributed by atoms with van der Waals surface area (Å²) in [6.45, 7) is 8.38. The molecule has 0 aromatic rings. The molecule has 0 bridgehead atoms. The highest BCUT2D eigenvalue weighted by atomic mass is 28.2. The second kappa shape index (κ2) is 11.1. The van der Waals surface area contributed by atoms with Crippen LogP contribution >= 0.6 is 0 Å². The van der Waals surface area contributed by atoms with Gasteiger partial charge in [-0.25, -0.2) is 0 Å². The Morgan fingerprint density at radius 3 is 2.19 bits per heavy atom. The first kappa shape index (κ1) is 18.6. The minimum atomic E-state index is -0.272. The predicted octanol–water partition coefficient (Wildman–Crippen LogP) is 4.19. The van der Waals surface area contributed by atoms with Gasteiger partial charge in [-0.15, -0.1) is 0 Å². The van der Waals surface area contributed by atoms with Crippen LogP contribution in [0.4, 0.5) is 0 Å². The molecule has 0 saturated heterocycles. The fraction of sp³-hybridized carbons (Fsp3) is 0.882. The number of hydrogen-bond donors (Lipinski definition) is 0. The van der Waals surface area contributed by atoms with Gasteiger partial charge in [0.2, 0.25) is 0 Å². The van der Waals surface area contributed by atoms with Gasteiger partial charge in [0.1, 0.15) is 6.26 Å². The molecule has 124 valence electrons. The van der Waals surface area contributed by atoms with E-state index in [9.17, 15) is 0 Å². The molecule has 21 heavy (non-hydrogen) atoms. The number of rotatable bonds is 12. The molecular formula is C17H35NO2Si. The van der Waals surface area contributed by atoms with Crippen LogP contribution in [0.5, 0.6) is 0 Å². The third kappa shape index (κ3) is 11.8. The van der Waals surface area contributed by atoms with E-state index >= 15 is 0 Å². The van der Waals surface area contributed by atoms with Crippen LogP contribution in [0, 0.1) is 0 Å². The molecule has 3 nitrogen and oxygen atoms in total. The first-order chi connectivity index (χ1) is 10.1. The Balaban J connectivity index is 1.71. The van der Waals surface area contributed by atoms with Crippen LogP contribution in [-0.2, 0) is 9.16 Å². The lowest BCUT2D eigenvalue weighted by molar-refractivity contribution is 0.138. The molecule has 4 heteroatoms. The fourth-order valence-corrected chi connectivity index (χ4v) is 3.80. The average molecular weight is 314 g/mol. The third-order valence-electron chi connectivity index (χ3n) is 3.73. The van der Waals surface area contributed by atoms with Crippen molar-refractivity contribution in [2.24, 2.45) is 0 Å². The molecule has 0 aromatic carbocycles. The molecule has 0 amide bonds. The van der Waals surface area contributed by atoms with Gasteiger partial charge in [0.15, 0.2) is 16.5 Å². The zero-order valence-electron chi connectivity index (χ0n) is 14.4. The summed E-state index contributed by atoms with van der Waals surface area (Å²) < 4.78 is 11.0. The predicted molar refractivity (Wildman–Crippen MR) is 92.9 cm³/mol. The Labute approximate surface area is 134 Å². The fourth-order valence-electron chi connectivity index (χ4n) is 2.48. The van der Waals surface area contributed by atoms with E-state index in [0.29, 0.717) is 0 Å². The molecule has 1 aliphatic heterocycles. The van der Waals surface area contributed by atoms with E-state index in [1.165, 1.54) is 57.4 Å². The smallest absolute Gasteiger partial charge is 0.162 e. The summed E-state index contributed by atoms with van der Waals surface area (Å²) in [7, 11) is -0.272. The highest BCUT2D eigenvalue weighted by molar-refractivity contribution is 6.27. The minimum Gasteiger partial charge on any atom is -0.479 e. The van der Waals surface area contributed by atoms with Gasteiger partial charge < -0.3 is 14.1 Å². The molecule has 0 aromatic heterocycles. The van der Waals surface area contributed by atoms with Crippen LogP contribution in [0.25, 0.3) is 0 Å². The number of ether oxygens (including phenoxy) is 1. The van der Waals surface area contributed by atoms with Gasteiger partial charge >= 0.3 is 0 Å². The first-order valence-corrected chi connectivity index (χ1v) is 10.3. The highest BCUT2D eigenvalue weighted by Gasteiger charge is 2.08. The van der Waals surface area contributed by atoms with Gasteiger partial charge in [-0.1, -0.05) is 44.9 Å². The Bertz CT molecular complexity index is 276. The van der Waals surface area contributed by atoms with Gasteiger partial charge in [-0.3, -0.25) is 0 Å².